The van der Waals surface area contributed by atoms with E-state index in [-0.39, 0.29) is 11.3 Å². The Balaban J connectivity index is 2.66. The quantitative estimate of drug-likeness (QED) is 0.581. The van der Waals surface area contributed by atoms with E-state index in [1.165, 1.54) is 0 Å². The number of amides is 1. The molecule has 66 valence electrons. The first-order chi connectivity index (χ1) is 5.40. The third-order valence-electron chi connectivity index (χ3n) is 1.66. The molecule has 0 unspecified atom stereocenters. The van der Waals surface area contributed by atoms with E-state index in [1.807, 2.05) is 0 Å². The zero-order chi connectivity index (χ0) is 9.35. The van der Waals surface area contributed by atoms with Crippen molar-refractivity contribution in [2.75, 3.05) is 6.54 Å². The maximum absolute atomic E-state index is 11.2. The highest BCUT2D eigenvalue weighted by Crippen LogP contribution is 2.21. The third-order valence-corrected chi connectivity index (χ3v) is 1.66. The molecule has 0 saturated carbocycles. The Labute approximate surface area is 73.6 Å². The normalized spacial score (nSPS) is 17.8. The lowest BCUT2D eigenvalue weighted by Gasteiger charge is -2.26. The van der Waals surface area contributed by atoms with Crippen molar-refractivity contribution in [3.8, 4) is 0 Å². The molecule has 0 N–H and O–H groups in total. The standard InChI is InChI=1S/C10H15NO/c1-8-5-6-9(12)11(8)7-10(2,3)4/h5-6H,1,7H2,2-4H3. The molecule has 0 aromatic carbocycles. The SMILES string of the molecule is C=C1C=CC(=O)N1CC(C)(C)C. The van der Waals surface area contributed by atoms with Gasteiger partial charge in [0, 0.05) is 18.3 Å². The van der Waals surface area contributed by atoms with Gasteiger partial charge in [-0.2, -0.15) is 0 Å². The Morgan fingerprint density at radius 1 is 1.42 bits per heavy atom. The molecule has 0 aliphatic carbocycles. The fourth-order valence-corrected chi connectivity index (χ4v) is 1.14. The maximum Gasteiger partial charge on any atom is 0.251 e. The zero-order valence-corrected chi connectivity index (χ0v) is 7.92. The molecule has 0 fully saturated rings. The summed E-state index contributed by atoms with van der Waals surface area (Å²) in [6.45, 7) is 10.8. The molecule has 0 bridgehead atoms. The van der Waals surface area contributed by atoms with Crippen molar-refractivity contribution < 1.29 is 4.79 Å². The van der Waals surface area contributed by atoms with Crippen LogP contribution in [0.15, 0.2) is 24.4 Å². The minimum absolute atomic E-state index is 0.0509. The second-order valence-electron chi connectivity index (χ2n) is 4.31. The molecule has 2 heteroatoms. The monoisotopic (exact) mass is 165 g/mol. The van der Waals surface area contributed by atoms with E-state index in [0.29, 0.717) is 0 Å². The van der Waals surface area contributed by atoms with Crippen molar-refractivity contribution in [3.05, 3.63) is 24.4 Å². The highest BCUT2D eigenvalue weighted by molar-refractivity contribution is 5.93. The van der Waals surface area contributed by atoms with Gasteiger partial charge in [-0.1, -0.05) is 27.4 Å². The van der Waals surface area contributed by atoms with Gasteiger partial charge in [-0.25, -0.2) is 0 Å². The molecular formula is C10H15NO. The average molecular weight is 165 g/mol. The Bertz CT molecular complexity index is 227. The Morgan fingerprint density at radius 2 is 2.00 bits per heavy atom. The molecule has 0 radical (unpaired) electrons. The van der Waals surface area contributed by atoms with E-state index in [4.69, 9.17) is 0 Å². The number of allylic oxidation sites excluding steroid dienone is 1. The smallest absolute Gasteiger partial charge is 0.251 e. The van der Waals surface area contributed by atoms with Gasteiger partial charge in [-0.15, -0.1) is 0 Å². The predicted molar refractivity (Wildman–Crippen MR) is 49.4 cm³/mol. The lowest BCUT2D eigenvalue weighted by Crippen LogP contribution is -2.32. The van der Waals surface area contributed by atoms with Crippen LogP contribution in [0.5, 0.6) is 0 Å². The topological polar surface area (TPSA) is 20.3 Å². The van der Waals surface area contributed by atoms with Gasteiger partial charge in [0.15, 0.2) is 0 Å². The summed E-state index contributed by atoms with van der Waals surface area (Å²) in [5.74, 6) is 0.0509. The van der Waals surface area contributed by atoms with E-state index < -0.39 is 0 Å². The molecule has 2 nitrogen and oxygen atoms in total. The van der Waals surface area contributed by atoms with Gasteiger partial charge in [0.25, 0.3) is 5.91 Å². The molecule has 0 aromatic rings. The maximum atomic E-state index is 11.2. The average Bonchev–Trinajstić information content (AvgIpc) is 2.16. The Hall–Kier alpha value is -1.05. The van der Waals surface area contributed by atoms with Gasteiger partial charge in [0.2, 0.25) is 0 Å². The van der Waals surface area contributed by atoms with Gasteiger partial charge in [0.05, 0.1) is 0 Å². The summed E-state index contributed by atoms with van der Waals surface area (Å²) in [7, 11) is 0. The van der Waals surface area contributed by atoms with Crippen LogP contribution >= 0.6 is 0 Å². The lowest BCUT2D eigenvalue weighted by molar-refractivity contribution is -0.124. The van der Waals surface area contributed by atoms with Crippen molar-refractivity contribution in [3.63, 3.8) is 0 Å². The summed E-state index contributed by atoms with van der Waals surface area (Å²) in [5.41, 5.74) is 0.930. The minimum Gasteiger partial charge on any atom is -0.309 e. The van der Waals surface area contributed by atoms with E-state index in [0.717, 1.165) is 12.2 Å². The van der Waals surface area contributed by atoms with Crippen LogP contribution in [0.3, 0.4) is 0 Å². The van der Waals surface area contributed by atoms with E-state index in [9.17, 15) is 4.79 Å². The summed E-state index contributed by atoms with van der Waals surface area (Å²) in [6, 6.07) is 0. The number of nitrogens with zero attached hydrogens (tertiary/aromatic N) is 1. The van der Waals surface area contributed by atoms with Crippen molar-refractivity contribution in [1.29, 1.82) is 0 Å². The number of carbonyl (C=O) groups excluding carboxylic acids is 1. The summed E-state index contributed by atoms with van der Waals surface area (Å²) in [6.07, 6.45) is 3.32. The van der Waals surface area contributed by atoms with Crippen molar-refractivity contribution in [2.24, 2.45) is 5.41 Å². The highest BCUT2D eigenvalue weighted by Gasteiger charge is 2.23. The number of carbonyl (C=O) groups is 1. The predicted octanol–water partition coefficient (Wildman–Crippen LogP) is 1.94. The van der Waals surface area contributed by atoms with Crippen molar-refractivity contribution in [1.82, 2.24) is 4.90 Å². The minimum atomic E-state index is 0.0509. The van der Waals surface area contributed by atoms with Crippen LogP contribution in [0.25, 0.3) is 0 Å². The van der Waals surface area contributed by atoms with Crippen LogP contribution in [0, 0.1) is 5.41 Å². The molecular weight excluding hydrogens is 150 g/mol. The molecule has 0 spiro atoms. The van der Waals surface area contributed by atoms with Crippen LogP contribution < -0.4 is 0 Å². The molecule has 1 heterocycles. The van der Waals surface area contributed by atoms with E-state index in [2.05, 4.69) is 27.4 Å². The third kappa shape index (κ3) is 1.97. The number of rotatable bonds is 1. The molecule has 1 amide bonds. The second-order valence-corrected chi connectivity index (χ2v) is 4.31. The fourth-order valence-electron chi connectivity index (χ4n) is 1.14. The molecule has 0 atom stereocenters. The first-order valence-electron chi connectivity index (χ1n) is 4.09. The largest absolute Gasteiger partial charge is 0.309 e. The van der Waals surface area contributed by atoms with E-state index >= 15 is 0 Å². The van der Waals surface area contributed by atoms with Crippen LogP contribution in [-0.4, -0.2) is 17.4 Å². The lowest BCUT2D eigenvalue weighted by atomic mass is 9.96. The van der Waals surface area contributed by atoms with Gasteiger partial charge in [0.1, 0.15) is 0 Å². The molecule has 0 saturated heterocycles. The summed E-state index contributed by atoms with van der Waals surface area (Å²) in [4.78, 5) is 12.9. The number of hydrogen-bond donors (Lipinski definition) is 0. The molecule has 0 aromatic heterocycles. The number of hydrogen-bond acceptors (Lipinski definition) is 1. The summed E-state index contributed by atoms with van der Waals surface area (Å²) < 4.78 is 0. The van der Waals surface area contributed by atoms with Gasteiger partial charge < -0.3 is 4.90 Å². The van der Waals surface area contributed by atoms with Gasteiger partial charge >= 0.3 is 0 Å². The first-order valence-corrected chi connectivity index (χ1v) is 4.09. The highest BCUT2D eigenvalue weighted by atomic mass is 16.2. The zero-order valence-electron chi connectivity index (χ0n) is 7.92. The van der Waals surface area contributed by atoms with Crippen molar-refractivity contribution >= 4 is 5.91 Å². The molecule has 1 aliphatic rings. The van der Waals surface area contributed by atoms with Crippen LogP contribution in [0.2, 0.25) is 0 Å². The van der Waals surface area contributed by atoms with Gasteiger partial charge in [-0.05, 0) is 11.5 Å². The Kier molecular flexibility index (Phi) is 2.09. The summed E-state index contributed by atoms with van der Waals surface area (Å²) >= 11 is 0. The first kappa shape index (κ1) is 9.04. The van der Waals surface area contributed by atoms with Crippen molar-refractivity contribution in [2.45, 2.75) is 20.8 Å². The van der Waals surface area contributed by atoms with Crippen LogP contribution in [0.1, 0.15) is 20.8 Å². The Morgan fingerprint density at radius 3 is 2.33 bits per heavy atom. The molecule has 1 rings (SSSR count). The van der Waals surface area contributed by atoms with Crippen LogP contribution in [0.4, 0.5) is 0 Å². The van der Waals surface area contributed by atoms with E-state index in [1.54, 1.807) is 17.1 Å². The second kappa shape index (κ2) is 2.77. The molecule has 12 heavy (non-hydrogen) atoms. The summed E-state index contributed by atoms with van der Waals surface area (Å²) in [5, 5.41) is 0. The van der Waals surface area contributed by atoms with Gasteiger partial charge in [-0.3, -0.25) is 4.79 Å². The van der Waals surface area contributed by atoms with Crippen LogP contribution in [-0.2, 0) is 4.79 Å². The molecule has 1 aliphatic heterocycles. The fraction of sp³-hybridized carbons (Fsp3) is 0.500.